The minimum atomic E-state index is -0.336. The van der Waals surface area contributed by atoms with E-state index in [0.29, 0.717) is 4.88 Å². The second-order valence-electron chi connectivity index (χ2n) is 6.64. The number of thiophene rings is 1. The smallest absolute Gasteiger partial charge is 0.348 e. The van der Waals surface area contributed by atoms with Gasteiger partial charge in [0, 0.05) is 5.41 Å². The molecule has 0 amide bonds. The lowest BCUT2D eigenvalue weighted by molar-refractivity contribution is 0.0157. The summed E-state index contributed by atoms with van der Waals surface area (Å²) in [5.74, 6) is 1.20. The molecular formula is C19H20O4S. The highest BCUT2D eigenvalue weighted by atomic mass is 32.1. The molecule has 2 heterocycles. The van der Waals surface area contributed by atoms with Crippen LogP contribution in [0.15, 0.2) is 41.8 Å². The van der Waals surface area contributed by atoms with Gasteiger partial charge in [0.2, 0.25) is 6.79 Å². The Morgan fingerprint density at radius 3 is 2.75 bits per heavy atom. The van der Waals surface area contributed by atoms with Crippen molar-refractivity contribution in [1.82, 2.24) is 0 Å². The van der Waals surface area contributed by atoms with Gasteiger partial charge in [-0.2, -0.15) is 0 Å². The fraction of sp³-hybridized carbons (Fsp3) is 0.316. The van der Waals surface area contributed by atoms with E-state index in [1.807, 2.05) is 62.6 Å². The molecule has 3 rings (SSSR count). The van der Waals surface area contributed by atoms with E-state index in [1.54, 1.807) is 6.07 Å². The highest BCUT2D eigenvalue weighted by Crippen LogP contribution is 2.33. The van der Waals surface area contributed by atoms with Crippen LogP contribution in [0.2, 0.25) is 0 Å². The maximum atomic E-state index is 12.2. The van der Waals surface area contributed by atoms with E-state index in [2.05, 4.69) is 0 Å². The van der Waals surface area contributed by atoms with Crippen LogP contribution < -0.4 is 9.47 Å². The van der Waals surface area contributed by atoms with Gasteiger partial charge >= 0.3 is 5.97 Å². The topological polar surface area (TPSA) is 44.8 Å². The Bertz CT molecular complexity index is 741. The van der Waals surface area contributed by atoms with Crippen molar-refractivity contribution in [2.75, 3.05) is 6.79 Å². The molecule has 0 saturated heterocycles. The molecule has 1 unspecified atom stereocenters. The summed E-state index contributed by atoms with van der Waals surface area (Å²) in [6.07, 6.45) is 3.53. The van der Waals surface area contributed by atoms with Crippen LogP contribution in [0.25, 0.3) is 6.08 Å². The van der Waals surface area contributed by atoms with Crippen LogP contribution in [0.1, 0.15) is 36.0 Å². The zero-order chi connectivity index (χ0) is 17.2. The lowest BCUT2D eigenvalue weighted by Gasteiger charge is -2.27. The molecule has 5 heteroatoms. The van der Waals surface area contributed by atoms with Crippen molar-refractivity contribution < 1.29 is 19.0 Å². The van der Waals surface area contributed by atoms with Gasteiger partial charge in [-0.25, -0.2) is 4.79 Å². The van der Waals surface area contributed by atoms with E-state index in [0.717, 1.165) is 17.1 Å². The van der Waals surface area contributed by atoms with Gasteiger partial charge in [0.05, 0.1) is 0 Å². The number of carbonyl (C=O) groups is 1. The molecule has 1 aliphatic rings. The fourth-order valence-corrected chi connectivity index (χ4v) is 2.89. The molecule has 1 aromatic heterocycles. The van der Waals surface area contributed by atoms with E-state index < -0.39 is 0 Å². The Kier molecular flexibility index (Phi) is 4.62. The van der Waals surface area contributed by atoms with Crippen molar-refractivity contribution in [1.29, 1.82) is 0 Å². The predicted molar refractivity (Wildman–Crippen MR) is 94.6 cm³/mol. The maximum Gasteiger partial charge on any atom is 0.348 e. The molecule has 1 atom stereocenters. The molecule has 1 aliphatic heterocycles. The molecule has 4 nitrogen and oxygen atoms in total. The van der Waals surface area contributed by atoms with Crippen LogP contribution in [0.4, 0.5) is 0 Å². The molecular weight excluding hydrogens is 324 g/mol. The summed E-state index contributed by atoms with van der Waals surface area (Å²) in [5, 5.41) is 1.87. The van der Waals surface area contributed by atoms with Crippen LogP contribution in [0, 0.1) is 5.41 Å². The number of esters is 1. The second-order valence-corrected chi connectivity index (χ2v) is 7.59. The van der Waals surface area contributed by atoms with Gasteiger partial charge in [-0.1, -0.05) is 39.0 Å². The number of hydrogen-bond donors (Lipinski definition) is 0. The van der Waals surface area contributed by atoms with Crippen LogP contribution >= 0.6 is 11.3 Å². The first-order chi connectivity index (χ1) is 11.4. The quantitative estimate of drug-likeness (QED) is 0.750. The largest absolute Gasteiger partial charge is 0.454 e. The van der Waals surface area contributed by atoms with Crippen molar-refractivity contribution in [2.24, 2.45) is 5.41 Å². The predicted octanol–water partition coefficient (Wildman–Crippen LogP) is 4.76. The van der Waals surface area contributed by atoms with E-state index in [9.17, 15) is 4.79 Å². The van der Waals surface area contributed by atoms with E-state index >= 15 is 0 Å². The first kappa shape index (κ1) is 16.6. The summed E-state index contributed by atoms with van der Waals surface area (Å²) in [4.78, 5) is 12.9. The first-order valence-corrected chi connectivity index (χ1v) is 8.64. The average molecular weight is 344 g/mol. The fourth-order valence-electron chi connectivity index (χ4n) is 2.29. The van der Waals surface area contributed by atoms with E-state index in [4.69, 9.17) is 14.2 Å². The third-order valence-electron chi connectivity index (χ3n) is 3.67. The number of benzene rings is 1. The molecule has 24 heavy (non-hydrogen) atoms. The van der Waals surface area contributed by atoms with Crippen LogP contribution in [-0.2, 0) is 4.74 Å². The van der Waals surface area contributed by atoms with Crippen molar-refractivity contribution in [3.63, 3.8) is 0 Å². The Morgan fingerprint density at radius 1 is 1.25 bits per heavy atom. The number of ether oxygens (including phenoxy) is 3. The molecule has 0 aliphatic carbocycles. The van der Waals surface area contributed by atoms with E-state index in [-0.39, 0.29) is 24.3 Å². The third kappa shape index (κ3) is 3.79. The average Bonchev–Trinajstić information content (AvgIpc) is 3.20. The van der Waals surface area contributed by atoms with Gasteiger partial charge in [-0.05, 0) is 35.2 Å². The van der Waals surface area contributed by atoms with Gasteiger partial charge in [-0.3, -0.25) is 0 Å². The molecule has 2 aromatic rings. The standard InChI is InChI=1S/C19H20O4S/c1-19(2,3)17(23-18(20)16-5-4-10-24-16)9-7-13-6-8-14-15(11-13)22-12-21-14/h4-11,17H,12H2,1-3H3. The molecule has 0 N–H and O–H groups in total. The van der Waals surface area contributed by atoms with Crippen molar-refractivity contribution in [2.45, 2.75) is 26.9 Å². The summed E-state index contributed by atoms with van der Waals surface area (Å²) >= 11 is 1.38. The van der Waals surface area contributed by atoms with Gasteiger partial charge in [0.25, 0.3) is 0 Å². The first-order valence-electron chi connectivity index (χ1n) is 7.76. The van der Waals surface area contributed by atoms with Gasteiger partial charge < -0.3 is 14.2 Å². The lowest BCUT2D eigenvalue weighted by atomic mass is 9.88. The Morgan fingerprint density at radius 2 is 2.04 bits per heavy atom. The zero-order valence-corrected chi connectivity index (χ0v) is 14.8. The number of carbonyl (C=O) groups excluding carboxylic acids is 1. The van der Waals surface area contributed by atoms with E-state index in [1.165, 1.54) is 11.3 Å². The van der Waals surface area contributed by atoms with Gasteiger partial charge in [0.15, 0.2) is 11.5 Å². The van der Waals surface area contributed by atoms with Crippen molar-refractivity contribution in [3.8, 4) is 11.5 Å². The third-order valence-corrected chi connectivity index (χ3v) is 4.52. The highest BCUT2D eigenvalue weighted by Gasteiger charge is 2.27. The summed E-state index contributed by atoms with van der Waals surface area (Å²) in [6.45, 7) is 6.39. The Hall–Kier alpha value is -2.27. The Labute approximate surface area is 145 Å². The van der Waals surface area contributed by atoms with Crippen LogP contribution in [0.3, 0.4) is 0 Å². The molecule has 126 valence electrons. The summed E-state index contributed by atoms with van der Waals surface area (Å²) < 4.78 is 16.4. The molecule has 0 saturated carbocycles. The number of rotatable bonds is 4. The van der Waals surface area contributed by atoms with Gasteiger partial charge in [-0.15, -0.1) is 11.3 Å². The normalized spacial score (nSPS) is 14.8. The summed E-state index contributed by atoms with van der Waals surface area (Å²) in [5.41, 5.74) is 0.764. The van der Waals surface area contributed by atoms with Crippen LogP contribution in [-0.4, -0.2) is 18.9 Å². The molecule has 0 radical (unpaired) electrons. The minimum Gasteiger partial charge on any atom is -0.454 e. The van der Waals surface area contributed by atoms with Crippen LogP contribution in [0.5, 0.6) is 11.5 Å². The molecule has 0 bridgehead atoms. The molecule has 0 spiro atoms. The second kappa shape index (κ2) is 6.69. The Balaban J connectivity index is 1.76. The molecule has 1 aromatic carbocycles. The summed E-state index contributed by atoms with van der Waals surface area (Å²) in [7, 11) is 0. The number of fused-ring (bicyclic) bond motifs is 1. The SMILES string of the molecule is CC(C)(C)C(C=Cc1ccc2c(c1)OCO2)OC(=O)c1cccs1. The minimum absolute atomic E-state index is 0.209. The van der Waals surface area contributed by atoms with Gasteiger partial charge in [0.1, 0.15) is 11.0 Å². The number of hydrogen-bond acceptors (Lipinski definition) is 5. The highest BCUT2D eigenvalue weighted by molar-refractivity contribution is 7.11. The van der Waals surface area contributed by atoms with Crippen molar-refractivity contribution in [3.05, 3.63) is 52.2 Å². The summed E-state index contributed by atoms with van der Waals surface area (Å²) in [6, 6.07) is 9.36. The monoisotopic (exact) mass is 344 g/mol. The van der Waals surface area contributed by atoms with Crippen molar-refractivity contribution >= 4 is 23.4 Å². The lowest BCUT2D eigenvalue weighted by Crippen LogP contribution is -2.29. The zero-order valence-electron chi connectivity index (χ0n) is 13.9. The molecule has 0 fully saturated rings. The maximum absolute atomic E-state index is 12.2.